The standard InChI is InChI=1S/C12H18N5O6P/c1-6-15-10(13)9-8(11(14)19)3-17(12(9)16-6)2-7(4-18)23-5-24(20,21)22/h3,7,18H,2,4-5H2,1H3,(H2,14,19)(H2,13,15,16)(H2,20,21,22)/t7-/m0/s1. The Labute approximate surface area is 136 Å². The fourth-order valence-corrected chi connectivity index (χ4v) is 2.64. The highest BCUT2D eigenvalue weighted by Gasteiger charge is 2.22. The maximum absolute atomic E-state index is 11.6. The monoisotopic (exact) mass is 359 g/mol. The lowest BCUT2D eigenvalue weighted by atomic mass is 10.2. The highest BCUT2D eigenvalue weighted by atomic mass is 31.2. The van der Waals surface area contributed by atoms with Crippen LogP contribution in [0.5, 0.6) is 0 Å². The van der Waals surface area contributed by atoms with E-state index in [1.807, 2.05) is 0 Å². The molecule has 1 amide bonds. The molecule has 0 aliphatic heterocycles. The van der Waals surface area contributed by atoms with Gasteiger partial charge in [0.25, 0.3) is 5.91 Å². The van der Waals surface area contributed by atoms with Crippen molar-refractivity contribution in [1.29, 1.82) is 0 Å². The molecular weight excluding hydrogens is 341 g/mol. The molecule has 0 aliphatic rings. The molecule has 7 N–H and O–H groups in total. The molecule has 2 heterocycles. The molecule has 12 heteroatoms. The molecule has 0 unspecified atom stereocenters. The number of aryl methyl sites for hydroxylation is 1. The summed E-state index contributed by atoms with van der Waals surface area (Å²) in [6, 6.07) is 0. The Hall–Kier alpha value is -2.04. The van der Waals surface area contributed by atoms with Crippen LogP contribution >= 0.6 is 7.60 Å². The first-order chi connectivity index (χ1) is 11.1. The summed E-state index contributed by atoms with van der Waals surface area (Å²) < 4.78 is 17.4. The number of carbonyl (C=O) groups is 1. The van der Waals surface area contributed by atoms with Crippen molar-refractivity contribution in [3.05, 3.63) is 17.6 Å². The molecule has 0 spiro atoms. The lowest BCUT2D eigenvalue weighted by Gasteiger charge is -2.17. The molecule has 11 nitrogen and oxygen atoms in total. The van der Waals surface area contributed by atoms with E-state index in [1.165, 1.54) is 10.8 Å². The van der Waals surface area contributed by atoms with Gasteiger partial charge in [0, 0.05) is 6.20 Å². The smallest absolute Gasteiger partial charge is 0.350 e. The minimum atomic E-state index is -4.37. The number of primary amides is 1. The zero-order valence-electron chi connectivity index (χ0n) is 12.8. The number of aliphatic hydroxyl groups is 1. The summed E-state index contributed by atoms with van der Waals surface area (Å²) in [5, 5.41) is 9.62. The molecule has 2 aromatic rings. The number of nitrogens with two attached hydrogens (primary N) is 2. The lowest BCUT2D eigenvalue weighted by molar-refractivity contribution is 0.0203. The van der Waals surface area contributed by atoms with Crippen LogP contribution in [-0.4, -0.2) is 54.4 Å². The average molecular weight is 359 g/mol. The first kappa shape index (κ1) is 18.3. The van der Waals surface area contributed by atoms with E-state index >= 15 is 0 Å². The molecule has 24 heavy (non-hydrogen) atoms. The van der Waals surface area contributed by atoms with Crippen LogP contribution in [0, 0.1) is 6.92 Å². The van der Waals surface area contributed by atoms with E-state index in [0.717, 1.165) is 0 Å². The number of amides is 1. The Balaban J connectivity index is 2.41. The van der Waals surface area contributed by atoms with E-state index < -0.39 is 32.6 Å². The zero-order chi connectivity index (χ0) is 18.1. The van der Waals surface area contributed by atoms with Crippen molar-refractivity contribution < 1.29 is 29.0 Å². The first-order valence-electron chi connectivity index (χ1n) is 6.82. The SMILES string of the molecule is Cc1nc(N)c2c(C(N)=O)cn(C[C@@H](CO)OCP(=O)(O)O)c2n1. The number of nitrogen functional groups attached to an aromatic ring is 1. The number of anilines is 1. The molecule has 1 atom stereocenters. The number of hydrogen-bond acceptors (Lipinski definition) is 7. The van der Waals surface area contributed by atoms with Gasteiger partial charge >= 0.3 is 7.60 Å². The predicted octanol–water partition coefficient (Wildman–Crippen LogP) is -1.07. The summed E-state index contributed by atoms with van der Waals surface area (Å²) in [4.78, 5) is 37.5. The Bertz CT molecular complexity index is 816. The van der Waals surface area contributed by atoms with Crippen molar-refractivity contribution in [1.82, 2.24) is 14.5 Å². The summed E-state index contributed by atoms with van der Waals surface area (Å²) in [5.41, 5.74) is 11.6. The van der Waals surface area contributed by atoms with Crippen LogP contribution in [-0.2, 0) is 15.8 Å². The molecule has 132 valence electrons. The molecular formula is C12H18N5O6P. The lowest BCUT2D eigenvalue weighted by Crippen LogP contribution is -2.24. The van der Waals surface area contributed by atoms with Gasteiger partial charge in [-0.15, -0.1) is 0 Å². The third-order valence-corrected chi connectivity index (χ3v) is 3.69. The number of hydrogen-bond donors (Lipinski definition) is 5. The van der Waals surface area contributed by atoms with Crippen molar-refractivity contribution in [3.63, 3.8) is 0 Å². The van der Waals surface area contributed by atoms with E-state index in [-0.39, 0.29) is 23.3 Å². The van der Waals surface area contributed by atoms with Crippen LogP contribution in [0.1, 0.15) is 16.2 Å². The number of ether oxygens (including phenoxy) is 1. The highest BCUT2D eigenvalue weighted by Crippen LogP contribution is 2.34. The Morgan fingerprint density at radius 1 is 1.46 bits per heavy atom. The minimum absolute atomic E-state index is 0.0177. The third kappa shape index (κ3) is 4.08. The zero-order valence-corrected chi connectivity index (χ0v) is 13.7. The van der Waals surface area contributed by atoms with Gasteiger partial charge < -0.3 is 35.7 Å². The quantitative estimate of drug-likeness (QED) is 0.384. The Morgan fingerprint density at radius 3 is 2.67 bits per heavy atom. The van der Waals surface area contributed by atoms with E-state index in [1.54, 1.807) is 6.92 Å². The second kappa shape index (κ2) is 6.83. The van der Waals surface area contributed by atoms with Crippen molar-refractivity contribution >= 4 is 30.4 Å². The Morgan fingerprint density at radius 2 is 2.12 bits per heavy atom. The van der Waals surface area contributed by atoms with Gasteiger partial charge in [-0.1, -0.05) is 0 Å². The fourth-order valence-electron chi connectivity index (χ4n) is 2.24. The second-order valence-corrected chi connectivity index (χ2v) is 6.77. The topological polar surface area (TPSA) is 187 Å². The van der Waals surface area contributed by atoms with Crippen LogP contribution < -0.4 is 11.5 Å². The van der Waals surface area contributed by atoms with Gasteiger partial charge in [0.1, 0.15) is 23.6 Å². The van der Waals surface area contributed by atoms with Gasteiger partial charge in [-0.05, 0) is 6.92 Å². The van der Waals surface area contributed by atoms with Crippen molar-refractivity contribution in [2.24, 2.45) is 5.73 Å². The van der Waals surface area contributed by atoms with Crippen LogP contribution in [0.15, 0.2) is 6.20 Å². The minimum Gasteiger partial charge on any atom is -0.394 e. The summed E-state index contributed by atoms with van der Waals surface area (Å²) in [6.07, 6.45) is -0.373. The summed E-state index contributed by atoms with van der Waals surface area (Å²) in [5.74, 6) is -0.275. The van der Waals surface area contributed by atoms with Crippen molar-refractivity contribution in [3.8, 4) is 0 Å². The highest BCUT2D eigenvalue weighted by molar-refractivity contribution is 7.51. The van der Waals surface area contributed by atoms with E-state index in [9.17, 15) is 14.5 Å². The average Bonchev–Trinajstić information content (AvgIpc) is 2.81. The Kier molecular flexibility index (Phi) is 5.21. The number of rotatable bonds is 7. The summed E-state index contributed by atoms with van der Waals surface area (Å²) in [7, 11) is -4.37. The second-order valence-electron chi connectivity index (χ2n) is 5.18. The van der Waals surface area contributed by atoms with Crippen LogP contribution in [0.3, 0.4) is 0 Å². The molecule has 0 radical (unpaired) electrons. The predicted molar refractivity (Wildman–Crippen MR) is 84.1 cm³/mol. The summed E-state index contributed by atoms with van der Waals surface area (Å²) >= 11 is 0. The number of fused-ring (bicyclic) bond motifs is 1. The van der Waals surface area contributed by atoms with Crippen LogP contribution in [0.25, 0.3) is 11.0 Å². The van der Waals surface area contributed by atoms with Crippen molar-refractivity contribution in [2.75, 3.05) is 18.7 Å². The summed E-state index contributed by atoms with van der Waals surface area (Å²) in [6.45, 7) is 1.10. The van der Waals surface area contributed by atoms with Crippen molar-refractivity contribution in [2.45, 2.75) is 19.6 Å². The maximum atomic E-state index is 11.6. The van der Waals surface area contributed by atoms with Crippen LogP contribution in [0.2, 0.25) is 0 Å². The number of carbonyl (C=O) groups excluding carboxylic acids is 1. The van der Waals surface area contributed by atoms with E-state index in [2.05, 4.69) is 9.97 Å². The molecule has 2 rings (SSSR count). The van der Waals surface area contributed by atoms with Gasteiger partial charge in [-0.2, -0.15) is 0 Å². The normalized spacial score (nSPS) is 13.3. The van der Waals surface area contributed by atoms with Gasteiger partial charge in [-0.3, -0.25) is 9.36 Å². The molecule has 0 bridgehead atoms. The largest absolute Gasteiger partial charge is 0.394 e. The number of nitrogens with zero attached hydrogens (tertiary/aromatic N) is 3. The maximum Gasteiger partial charge on any atom is 0.350 e. The first-order valence-corrected chi connectivity index (χ1v) is 8.62. The molecule has 0 saturated carbocycles. The van der Waals surface area contributed by atoms with E-state index in [4.69, 9.17) is 26.0 Å². The number of aromatic nitrogens is 3. The third-order valence-electron chi connectivity index (χ3n) is 3.20. The molecule has 2 aromatic heterocycles. The van der Waals surface area contributed by atoms with E-state index in [0.29, 0.717) is 11.5 Å². The molecule has 0 aliphatic carbocycles. The fraction of sp³-hybridized carbons (Fsp3) is 0.417. The molecule has 0 saturated heterocycles. The molecule has 0 aromatic carbocycles. The van der Waals surface area contributed by atoms with Gasteiger partial charge in [0.05, 0.1) is 30.2 Å². The molecule has 0 fully saturated rings. The van der Waals surface area contributed by atoms with Gasteiger partial charge in [0.15, 0.2) is 0 Å². The number of aliphatic hydroxyl groups excluding tert-OH is 1. The van der Waals surface area contributed by atoms with Gasteiger partial charge in [0.2, 0.25) is 0 Å². The van der Waals surface area contributed by atoms with Gasteiger partial charge in [-0.25, -0.2) is 9.97 Å². The van der Waals surface area contributed by atoms with Crippen LogP contribution in [0.4, 0.5) is 5.82 Å².